The fourth-order valence-corrected chi connectivity index (χ4v) is 4.01. The fraction of sp³-hybridized carbons (Fsp3) is 0.348. The lowest BCUT2D eigenvalue weighted by molar-refractivity contribution is -0.122. The first-order valence-electron chi connectivity index (χ1n) is 10.0. The SMILES string of the molecule is Cc1cccc(N2C[C@@H](c3nc4ccccc4n3CC(=O)NC(C)C)CC2=O)c1. The van der Waals surface area contributed by atoms with Crippen molar-refractivity contribution >= 4 is 28.5 Å². The van der Waals surface area contributed by atoms with Gasteiger partial charge in [-0.1, -0.05) is 24.3 Å². The predicted octanol–water partition coefficient (Wildman–Crippen LogP) is 3.39. The van der Waals surface area contributed by atoms with Crippen LogP contribution in [-0.2, 0) is 16.1 Å². The van der Waals surface area contributed by atoms with Crippen molar-refractivity contribution in [2.75, 3.05) is 11.4 Å². The third-order valence-electron chi connectivity index (χ3n) is 5.24. The third-order valence-corrected chi connectivity index (χ3v) is 5.24. The molecule has 0 aliphatic carbocycles. The molecule has 0 spiro atoms. The summed E-state index contributed by atoms with van der Waals surface area (Å²) in [5, 5.41) is 2.95. The van der Waals surface area contributed by atoms with Gasteiger partial charge < -0.3 is 14.8 Å². The molecular weight excluding hydrogens is 364 g/mol. The van der Waals surface area contributed by atoms with Gasteiger partial charge in [0.1, 0.15) is 12.4 Å². The number of aromatic nitrogens is 2. The quantitative estimate of drug-likeness (QED) is 0.726. The van der Waals surface area contributed by atoms with E-state index in [0.717, 1.165) is 28.1 Å². The smallest absolute Gasteiger partial charge is 0.240 e. The monoisotopic (exact) mass is 390 g/mol. The first-order chi connectivity index (χ1) is 13.9. The maximum absolute atomic E-state index is 12.8. The van der Waals surface area contributed by atoms with Gasteiger partial charge in [0.2, 0.25) is 11.8 Å². The molecule has 0 saturated carbocycles. The van der Waals surface area contributed by atoms with Crippen LogP contribution in [0.5, 0.6) is 0 Å². The van der Waals surface area contributed by atoms with Crippen molar-refractivity contribution in [1.82, 2.24) is 14.9 Å². The standard InChI is InChI=1S/C23H26N4O2/c1-15(2)24-21(28)14-27-20-10-5-4-9-19(20)25-23(27)17-12-22(29)26(13-17)18-8-6-7-16(3)11-18/h4-11,15,17H,12-14H2,1-3H3,(H,24,28)/t17-/m0/s1. The van der Waals surface area contributed by atoms with Crippen LogP contribution in [0.2, 0.25) is 0 Å². The average Bonchev–Trinajstić information content (AvgIpc) is 3.22. The summed E-state index contributed by atoms with van der Waals surface area (Å²) in [4.78, 5) is 31.9. The Balaban J connectivity index is 1.67. The molecule has 6 heteroatoms. The number of nitrogens with zero attached hydrogens (tertiary/aromatic N) is 3. The molecule has 1 aromatic heterocycles. The van der Waals surface area contributed by atoms with Crippen molar-refractivity contribution in [3.63, 3.8) is 0 Å². The first-order valence-corrected chi connectivity index (χ1v) is 10.0. The number of hydrogen-bond acceptors (Lipinski definition) is 3. The second-order valence-electron chi connectivity index (χ2n) is 8.01. The highest BCUT2D eigenvalue weighted by Crippen LogP contribution is 2.33. The number of imidazole rings is 1. The van der Waals surface area contributed by atoms with Gasteiger partial charge in [0.15, 0.2) is 0 Å². The van der Waals surface area contributed by atoms with Gasteiger partial charge >= 0.3 is 0 Å². The number of nitrogens with one attached hydrogen (secondary N) is 1. The minimum Gasteiger partial charge on any atom is -0.352 e. The molecule has 6 nitrogen and oxygen atoms in total. The average molecular weight is 390 g/mol. The Morgan fingerprint density at radius 2 is 2.00 bits per heavy atom. The van der Waals surface area contributed by atoms with E-state index in [1.165, 1.54) is 0 Å². The number of amides is 2. The van der Waals surface area contributed by atoms with Gasteiger partial charge in [0.25, 0.3) is 0 Å². The Kier molecular flexibility index (Phi) is 5.09. The number of carbonyl (C=O) groups excluding carboxylic acids is 2. The van der Waals surface area contributed by atoms with Gasteiger partial charge in [-0.05, 0) is 50.6 Å². The summed E-state index contributed by atoms with van der Waals surface area (Å²) in [6, 6.07) is 15.9. The summed E-state index contributed by atoms with van der Waals surface area (Å²) < 4.78 is 1.96. The van der Waals surface area contributed by atoms with Crippen LogP contribution in [-0.4, -0.2) is 34.0 Å². The molecule has 150 valence electrons. The van der Waals surface area contributed by atoms with Gasteiger partial charge in [-0.15, -0.1) is 0 Å². The van der Waals surface area contributed by atoms with Crippen LogP contribution in [0.3, 0.4) is 0 Å². The number of para-hydroxylation sites is 2. The number of benzene rings is 2. The summed E-state index contributed by atoms with van der Waals surface area (Å²) in [6.07, 6.45) is 0.392. The second kappa shape index (κ2) is 7.70. The van der Waals surface area contributed by atoms with Crippen molar-refractivity contribution in [3.05, 3.63) is 59.9 Å². The Hall–Kier alpha value is -3.15. The molecule has 0 radical (unpaired) electrons. The number of carbonyl (C=O) groups is 2. The van der Waals surface area contributed by atoms with Crippen molar-refractivity contribution in [2.45, 2.75) is 45.7 Å². The first kappa shape index (κ1) is 19.2. The predicted molar refractivity (Wildman–Crippen MR) is 114 cm³/mol. The van der Waals surface area contributed by atoms with E-state index >= 15 is 0 Å². The van der Waals surface area contributed by atoms with Crippen LogP contribution < -0.4 is 10.2 Å². The molecule has 2 amide bonds. The summed E-state index contributed by atoms with van der Waals surface area (Å²) in [5.74, 6) is 0.783. The van der Waals surface area contributed by atoms with Gasteiger partial charge in [0, 0.05) is 30.6 Å². The van der Waals surface area contributed by atoms with E-state index in [2.05, 4.69) is 5.32 Å². The fourth-order valence-electron chi connectivity index (χ4n) is 4.01. The highest BCUT2D eigenvalue weighted by molar-refractivity contribution is 5.96. The van der Waals surface area contributed by atoms with E-state index in [1.807, 2.05) is 78.8 Å². The van der Waals surface area contributed by atoms with Crippen LogP contribution in [0.25, 0.3) is 11.0 Å². The number of anilines is 1. The lowest BCUT2D eigenvalue weighted by Gasteiger charge is -2.18. The van der Waals surface area contributed by atoms with E-state index in [0.29, 0.717) is 13.0 Å². The molecule has 1 atom stereocenters. The van der Waals surface area contributed by atoms with Crippen molar-refractivity contribution in [1.29, 1.82) is 0 Å². The van der Waals surface area contributed by atoms with Crippen LogP contribution in [0.4, 0.5) is 5.69 Å². The molecule has 0 bridgehead atoms. The molecule has 3 aromatic rings. The zero-order valence-corrected chi connectivity index (χ0v) is 17.1. The minimum atomic E-state index is -0.0535. The van der Waals surface area contributed by atoms with Crippen LogP contribution >= 0.6 is 0 Å². The molecule has 4 rings (SSSR count). The van der Waals surface area contributed by atoms with E-state index < -0.39 is 0 Å². The van der Waals surface area contributed by atoms with E-state index in [1.54, 1.807) is 0 Å². The van der Waals surface area contributed by atoms with Crippen molar-refractivity contribution in [2.24, 2.45) is 0 Å². The molecule has 1 fully saturated rings. The summed E-state index contributed by atoms with van der Waals surface area (Å²) in [7, 11) is 0. The molecule has 1 saturated heterocycles. The minimum absolute atomic E-state index is 0.0516. The largest absolute Gasteiger partial charge is 0.352 e. The third kappa shape index (κ3) is 3.88. The molecule has 1 aliphatic heterocycles. The van der Waals surface area contributed by atoms with E-state index in [9.17, 15) is 9.59 Å². The zero-order chi connectivity index (χ0) is 20.5. The molecule has 2 heterocycles. The molecule has 1 N–H and O–H groups in total. The van der Waals surface area contributed by atoms with Gasteiger partial charge in [-0.25, -0.2) is 4.98 Å². The van der Waals surface area contributed by atoms with Crippen molar-refractivity contribution < 1.29 is 9.59 Å². The van der Waals surface area contributed by atoms with Gasteiger partial charge in [-0.3, -0.25) is 9.59 Å². The lowest BCUT2D eigenvalue weighted by Crippen LogP contribution is -2.33. The van der Waals surface area contributed by atoms with Crippen LogP contribution in [0.1, 0.15) is 37.6 Å². The molecule has 1 aliphatic rings. The number of rotatable bonds is 5. The van der Waals surface area contributed by atoms with Gasteiger partial charge in [0.05, 0.1) is 11.0 Å². The van der Waals surface area contributed by atoms with Crippen molar-refractivity contribution in [3.8, 4) is 0 Å². The second-order valence-corrected chi connectivity index (χ2v) is 8.01. The summed E-state index contributed by atoms with van der Waals surface area (Å²) >= 11 is 0. The number of hydrogen-bond donors (Lipinski definition) is 1. The summed E-state index contributed by atoms with van der Waals surface area (Å²) in [6.45, 7) is 6.68. The molecular formula is C23H26N4O2. The normalized spacial score (nSPS) is 16.8. The lowest BCUT2D eigenvalue weighted by atomic mass is 10.1. The van der Waals surface area contributed by atoms with E-state index in [-0.39, 0.29) is 30.3 Å². The van der Waals surface area contributed by atoms with Crippen LogP contribution in [0, 0.1) is 6.92 Å². The topological polar surface area (TPSA) is 67.2 Å². The number of fused-ring (bicyclic) bond motifs is 1. The molecule has 29 heavy (non-hydrogen) atoms. The zero-order valence-electron chi connectivity index (χ0n) is 17.1. The summed E-state index contributed by atoms with van der Waals surface area (Å²) in [5.41, 5.74) is 3.80. The van der Waals surface area contributed by atoms with Gasteiger partial charge in [-0.2, -0.15) is 0 Å². The maximum Gasteiger partial charge on any atom is 0.240 e. The Morgan fingerprint density at radius 1 is 1.21 bits per heavy atom. The Morgan fingerprint density at radius 3 is 2.76 bits per heavy atom. The molecule has 0 unspecified atom stereocenters. The van der Waals surface area contributed by atoms with E-state index in [4.69, 9.17) is 4.98 Å². The highest BCUT2D eigenvalue weighted by Gasteiger charge is 2.35. The molecule has 2 aromatic carbocycles. The highest BCUT2D eigenvalue weighted by atomic mass is 16.2. The Labute approximate surface area is 170 Å². The Bertz CT molecular complexity index is 1070. The number of aryl methyl sites for hydroxylation is 1. The van der Waals surface area contributed by atoms with Crippen LogP contribution in [0.15, 0.2) is 48.5 Å². The maximum atomic E-state index is 12.8.